The number of hydrogen-bond donors (Lipinski definition) is 2. The van der Waals surface area contributed by atoms with Crippen LogP contribution in [0.2, 0.25) is 0 Å². The predicted molar refractivity (Wildman–Crippen MR) is 78.5 cm³/mol. The van der Waals surface area contributed by atoms with Gasteiger partial charge in [0.15, 0.2) is 0 Å². The fourth-order valence-electron chi connectivity index (χ4n) is 2.73. The smallest absolute Gasteiger partial charge is 0.326 e. The van der Waals surface area contributed by atoms with Crippen LogP contribution in [0.25, 0.3) is 0 Å². The van der Waals surface area contributed by atoms with E-state index >= 15 is 0 Å². The van der Waals surface area contributed by atoms with Crippen LogP contribution in [0.5, 0.6) is 5.75 Å². The lowest BCUT2D eigenvalue weighted by atomic mass is 9.91. The Hall–Kier alpha value is -2.24. The fourth-order valence-corrected chi connectivity index (χ4v) is 2.73. The zero-order valence-electron chi connectivity index (χ0n) is 12.2. The number of carbonyl (C=O) groups excluding carboxylic acids is 1. The average molecular weight is 292 g/mol. The maximum absolute atomic E-state index is 12.4. The van der Waals surface area contributed by atoms with E-state index in [4.69, 9.17) is 4.74 Å². The van der Waals surface area contributed by atoms with Gasteiger partial charge in [-0.25, -0.2) is 9.59 Å². The standard InChI is InChI=1S/C15H20N2O4/c1-10-6-5-9-17(13(10)14(18)19)15(20)16-11-7-3-4-8-12(11)21-2/h3-4,7-8,10,13H,5-6,9H2,1-2H3,(H,16,20)(H,18,19). The highest BCUT2D eigenvalue weighted by Gasteiger charge is 2.37. The summed E-state index contributed by atoms with van der Waals surface area (Å²) < 4.78 is 5.18. The number of benzene rings is 1. The van der Waals surface area contributed by atoms with Crippen molar-refractivity contribution in [3.8, 4) is 5.75 Å². The molecule has 1 aromatic rings. The molecule has 6 heteroatoms. The SMILES string of the molecule is COc1ccccc1NC(=O)N1CCCC(C)C1C(=O)O. The molecule has 1 saturated heterocycles. The van der Waals surface area contributed by atoms with Gasteiger partial charge in [0.05, 0.1) is 12.8 Å². The van der Waals surface area contributed by atoms with Crippen LogP contribution < -0.4 is 10.1 Å². The molecule has 1 fully saturated rings. The zero-order valence-corrected chi connectivity index (χ0v) is 12.2. The third-order valence-corrected chi connectivity index (χ3v) is 3.80. The Morgan fingerprint density at radius 1 is 1.38 bits per heavy atom. The molecule has 114 valence electrons. The second kappa shape index (κ2) is 6.47. The van der Waals surface area contributed by atoms with E-state index in [1.165, 1.54) is 12.0 Å². The largest absolute Gasteiger partial charge is 0.495 e. The first-order valence-electron chi connectivity index (χ1n) is 6.98. The summed E-state index contributed by atoms with van der Waals surface area (Å²) in [6.45, 7) is 2.31. The number of rotatable bonds is 3. The highest BCUT2D eigenvalue weighted by atomic mass is 16.5. The van der Waals surface area contributed by atoms with Crippen molar-refractivity contribution < 1.29 is 19.4 Å². The first kappa shape index (κ1) is 15.2. The van der Waals surface area contributed by atoms with Gasteiger partial charge in [0.25, 0.3) is 0 Å². The number of amides is 2. The van der Waals surface area contributed by atoms with E-state index in [9.17, 15) is 14.7 Å². The van der Waals surface area contributed by atoms with Crippen LogP contribution in [-0.2, 0) is 4.79 Å². The zero-order chi connectivity index (χ0) is 15.4. The summed E-state index contributed by atoms with van der Waals surface area (Å²) in [4.78, 5) is 25.2. The summed E-state index contributed by atoms with van der Waals surface area (Å²) in [5, 5.41) is 12.1. The molecule has 2 N–H and O–H groups in total. The first-order chi connectivity index (χ1) is 10.0. The predicted octanol–water partition coefficient (Wildman–Crippen LogP) is 2.41. The normalized spacial score (nSPS) is 21.7. The molecule has 21 heavy (non-hydrogen) atoms. The highest BCUT2D eigenvalue weighted by Crippen LogP contribution is 2.27. The summed E-state index contributed by atoms with van der Waals surface area (Å²) >= 11 is 0. The average Bonchev–Trinajstić information content (AvgIpc) is 2.47. The second-order valence-electron chi connectivity index (χ2n) is 5.23. The third-order valence-electron chi connectivity index (χ3n) is 3.80. The lowest BCUT2D eigenvalue weighted by Crippen LogP contribution is -2.53. The summed E-state index contributed by atoms with van der Waals surface area (Å²) in [5.41, 5.74) is 0.535. The molecule has 0 bridgehead atoms. The number of anilines is 1. The maximum Gasteiger partial charge on any atom is 0.326 e. The fraction of sp³-hybridized carbons (Fsp3) is 0.467. The molecule has 1 heterocycles. The minimum atomic E-state index is -0.961. The number of para-hydroxylation sites is 2. The number of carbonyl (C=O) groups is 2. The Kier molecular flexibility index (Phi) is 4.67. The molecule has 2 unspecified atom stereocenters. The van der Waals surface area contributed by atoms with E-state index < -0.39 is 18.0 Å². The topological polar surface area (TPSA) is 78.9 Å². The molecule has 6 nitrogen and oxygen atoms in total. The number of nitrogens with one attached hydrogen (secondary N) is 1. The van der Waals surface area contributed by atoms with E-state index in [1.807, 2.05) is 6.92 Å². The Labute approximate surface area is 123 Å². The van der Waals surface area contributed by atoms with Crippen LogP contribution in [-0.4, -0.2) is 41.7 Å². The van der Waals surface area contributed by atoms with Crippen molar-refractivity contribution in [3.63, 3.8) is 0 Å². The van der Waals surface area contributed by atoms with Crippen LogP contribution >= 0.6 is 0 Å². The van der Waals surface area contributed by atoms with Crippen LogP contribution in [0, 0.1) is 5.92 Å². The second-order valence-corrected chi connectivity index (χ2v) is 5.23. The van der Waals surface area contributed by atoms with E-state index in [0.29, 0.717) is 18.0 Å². The Bertz CT molecular complexity index is 532. The number of aliphatic carboxylic acids is 1. The molecular formula is C15H20N2O4. The van der Waals surface area contributed by atoms with Crippen molar-refractivity contribution >= 4 is 17.7 Å². The van der Waals surface area contributed by atoms with Crippen molar-refractivity contribution in [1.82, 2.24) is 4.90 Å². The van der Waals surface area contributed by atoms with E-state index in [-0.39, 0.29) is 5.92 Å². The van der Waals surface area contributed by atoms with Gasteiger partial charge in [-0.05, 0) is 30.9 Å². The van der Waals surface area contributed by atoms with Gasteiger partial charge in [-0.3, -0.25) is 0 Å². The number of hydrogen-bond acceptors (Lipinski definition) is 3. The quantitative estimate of drug-likeness (QED) is 0.896. The van der Waals surface area contributed by atoms with Gasteiger partial charge >= 0.3 is 12.0 Å². The number of methoxy groups -OCH3 is 1. The Morgan fingerprint density at radius 3 is 2.76 bits per heavy atom. The maximum atomic E-state index is 12.4. The number of carboxylic acid groups (broad SMARTS) is 1. The first-order valence-corrected chi connectivity index (χ1v) is 6.98. The van der Waals surface area contributed by atoms with Crippen LogP contribution in [0.1, 0.15) is 19.8 Å². The number of likely N-dealkylation sites (tertiary alicyclic amines) is 1. The van der Waals surface area contributed by atoms with Crippen LogP contribution in [0.15, 0.2) is 24.3 Å². The minimum absolute atomic E-state index is 0.0559. The molecule has 1 aliphatic rings. The van der Waals surface area contributed by atoms with Crippen molar-refractivity contribution in [1.29, 1.82) is 0 Å². The highest BCUT2D eigenvalue weighted by molar-refractivity contribution is 5.93. The van der Waals surface area contributed by atoms with Crippen LogP contribution in [0.3, 0.4) is 0 Å². The van der Waals surface area contributed by atoms with Gasteiger partial charge < -0.3 is 20.1 Å². The molecule has 0 radical (unpaired) electrons. The van der Waals surface area contributed by atoms with Crippen molar-refractivity contribution in [2.24, 2.45) is 5.92 Å². The lowest BCUT2D eigenvalue weighted by Gasteiger charge is -2.37. The van der Waals surface area contributed by atoms with Crippen molar-refractivity contribution in [2.45, 2.75) is 25.8 Å². The number of urea groups is 1. The molecule has 0 saturated carbocycles. The minimum Gasteiger partial charge on any atom is -0.495 e. The molecule has 2 amide bonds. The molecule has 0 aliphatic carbocycles. The van der Waals surface area contributed by atoms with Gasteiger partial charge in [-0.1, -0.05) is 19.1 Å². The molecule has 0 aromatic heterocycles. The van der Waals surface area contributed by atoms with Crippen molar-refractivity contribution in [3.05, 3.63) is 24.3 Å². The van der Waals surface area contributed by atoms with Crippen LogP contribution in [0.4, 0.5) is 10.5 Å². The molecular weight excluding hydrogens is 272 g/mol. The third kappa shape index (κ3) is 3.26. The number of carboxylic acids is 1. The monoisotopic (exact) mass is 292 g/mol. The van der Waals surface area contributed by atoms with E-state index in [2.05, 4.69) is 5.32 Å². The summed E-state index contributed by atoms with van der Waals surface area (Å²) in [5.74, 6) is -0.472. The van der Waals surface area contributed by atoms with Gasteiger partial charge in [0.1, 0.15) is 11.8 Å². The Balaban J connectivity index is 2.16. The molecule has 1 aromatic carbocycles. The Morgan fingerprint density at radius 2 is 2.10 bits per heavy atom. The van der Waals surface area contributed by atoms with Crippen molar-refractivity contribution in [2.75, 3.05) is 19.0 Å². The van der Waals surface area contributed by atoms with Gasteiger partial charge in [0.2, 0.25) is 0 Å². The molecule has 0 spiro atoms. The molecule has 2 rings (SSSR count). The van der Waals surface area contributed by atoms with Gasteiger partial charge in [-0.15, -0.1) is 0 Å². The summed E-state index contributed by atoms with van der Waals surface area (Å²) in [6.07, 6.45) is 1.62. The summed E-state index contributed by atoms with van der Waals surface area (Å²) in [6, 6.07) is 5.86. The van der Waals surface area contributed by atoms with E-state index in [1.54, 1.807) is 24.3 Å². The molecule has 1 aliphatic heterocycles. The van der Waals surface area contributed by atoms with Gasteiger partial charge in [0, 0.05) is 6.54 Å². The number of ether oxygens (including phenoxy) is 1. The number of piperidine rings is 1. The summed E-state index contributed by atoms with van der Waals surface area (Å²) in [7, 11) is 1.52. The lowest BCUT2D eigenvalue weighted by molar-refractivity contribution is -0.145. The van der Waals surface area contributed by atoms with Gasteiger partial charge in [-0.2, -0.15) is 0 Å². The number of nitrogens with zero attached hydrogens (tertiary/aromatic N) is 1. The van der Waals surface area contributed by atoms with E-state index in [0.717, 1.165) is 12.8 Å². The molecule has 2 atom stereocenters.